The number of pyridine rings is 1. The summed E-state index contributed by atoms with van der Waals surface area (Å²) < 4.78 is 5.06. The summed E-state index contributed by atoms with van der Waals surface area (Å²) in [6, 6.07) is 2.78. The number of nitrogens with one attached hydrogen (secondary N) is 1. The lowest BCUT2D eigenvalue weighted by Crippen LogP contribution is -2.43. The molecule has 0 aliphatic carbocycles. The summed E-state index contributed by atoms with van der Waals surface area (Å²) in [6.45, 7) is 7.05. The molecule has 0 unspecified atom stereocenters. The highest BCUT2D eigenvalue weighted by atomic mass is 16.6. The molecular formula is C15H22N2O4. The normalized spacial score (nSPS) is 12.6. The number of carboxylic acid groups (broad SMARTS) is 1. The van der Waals surface area contributed by atoms with E-state index in [9.17, 15) is 9.59 Å². The number of carbonyl (C=O) groups excluding carboxylic acids is 1. The van der Waals surface area contributed by atoms with Crippen molar-refractivity contribution in [1.29, 1.82) is 0 Å². The second-order valence-electron chi connectivity index (χ2n) is 5.88. The molecule has 1 aromatic heterocycles. The molecule has 6 heteroatoms. The Balaban J connectivity index is 2.56. The van der Waals surface area contributed by atoms with Crippen molar-refractivity contribution in [2.75, 3.05) is 0 Å². The minimum atomic E-state index is -1.08. The Hall–Kier alpha value is -2.11. The summed E-state index contributed by atoms with van der Waals surface area (Å²) in [5.74, 6) is -1.08. The Labute approximate surface area is 124 Å². The number of aliphatic carboxylic acids is 1. The van der Waals surface area contributed by atoms with E-state index >= 15 is 0 Å². The third-order valence-corrected chi connectivity index (χ3v) is 2.68. The molecule has 0 saturated heterocycles. The van der Waals surface area contributed by atoms with Crippen molar-refractivity contribution < 1.29 is 19.4 Å². The molecule has 0 radical (unpaired) electrons. The average molecular weight is 294 g/mol. The number of ether oxygens (including phenoxy) is 1. The molecule has 1 rings (SSSR count). The quantitative estimate of drug-likeness (QED) is 0.870. The minimum absolute atomic E-state index is 0.277. The van der Waals surface area contributed by atoms with Gasteiger partial charge >= 0.3 is 12.1 Å². The van der Waals surface area contributed by atoms with E-state index in [4.69, 9.17) is 9.84 Å². The van der Waals surface area contributed by atoms with Crippen LogP contribution >= 0.6 is 0 Å². The first-order valence-corrected chi connectivity index (χ1v) is 6.81. The van der Waals surface area contributed by atoms with Crippen LogP contribution in [-0.2, 0) is 16.0 Å². The predicted molar refractivity (Wildman–Crippen MR) is 78.1 cm³/mol. The molecule has 1 aromatic rings. The number of aromatic nitrogens is 1. The fourth-order valence-corrected chi connectivity index (χ4v) is 1.66. The van der Waals surface area contributed by atoms with E-state index in [0.29, 0.717) is 6.42 Å². The third-order valence-electron chi connectivity index (χ3n) is 2.68. The van der Waals surface area contributed by atoms with E-state index < -0.39 is 23.7 Å². The molecule has 0 bridgehead atoms. The van der Waals surface area contributed by atoms with Gasteiger partial charge in [0.15, 0.2) is 0 Å². The van der Waals surface area contributed by atoms with Gasteiger partial charge in [0.2, 0.25) is 0 Å². The van der Waals surface area contributed by atoms with Gasteiger partial charge in [-0.05, 0) is 52.2 Å². The Morgan fingerprint density at radius 1 is 1.38 bits per heavy atom. The van der Waals surface area contributed by atoms with Crippen LogP contribution in [0.5, 0.6) is 0 Å². The van der Waals surface area contributed by atoms with Crippen molar-refractivity contribution in [3.63, 3.8) is 0 Å². The molecule has 0 aliphatic rings. The first-order valence-electron chi connectivity index (χ1n) is 6.81. The van der Waals surface area contributed by atoms with Crippen molar-refractivity contribution >= 4 is 12.1 Å². The highest BCUT2D eigenvalue weighted by Gasteiger charge is 2.23. The van der Waals surface area contributed by atoms with Crippen LogP contribution in [0.4, 0.5) is 4.79 Å². The Bertz CT molecular complexity index is 491. The summed E-state index contributed by atoms with van der Waals surface area (Å²) in [6.07, 6.45) is 1.78. The Morgan fingerprint density at radius 2 is 2.05 bits per heavy atom. The highest BCUT2D eigenvalue weighted by Crippen LogP contribution is 2.09. The van der Waals surface area contributed by atoms with Gasteiger partial charge in [0.25, 0.3) is 0 Å². The van der Waals surface area contributed by atoms with Gasteiger partial charge in [-0.3, -0.25) is 4.98 Å². The van der Waals surface area contributed by atoms with Crippen LogP contribution in [0.1, 0.15) is 38.4 Å². The van der Waals surface area contributed by atoms with Gasteiger partial charge in [-0.25, -0.2) is 9.59 Å². The van der Waals surface area contributed by atoms with Crippen molar-refractivity contribution in [3.8, 4) is 0 Å². The van der Waals surface area contributed by atoms with Crippen LogP contribution in [0, 0.1) is 6.92 Å². The average Bonchev–Trinajstić information content (AvgIpc) is 2.33. The first-order chi connectivity index (χ1) is 9.67. The van der Waals surface area contributed by atoms with Crippen molar-refractivity contribution in [2.45, 2.75) is 52.2 Å². The molecule has 0 fully saturated rings. The van der Waals surface area contributed by atoms with Gasteiger partial charge in [0, 0.05) is 11.9 Å². The fourth-order valence-electron chi connectivity index (χ4n) is 1.66. The summed E-state index contributed by atoms with van der Waals surface area (Å²) in [5, 5.41) is 11.5. The van der Waals surface area contributed by atoms with Crippen LogP contribution in [0.15, 0.2) is 18.3 Å². The number of carboxylic acids is 1. The number of aryl methyl sites for hydroxylation is 2. The van der Waals surface area contributed by atoms with E-state index in [2.05, 4.69) is 10.3 Å². The van der Waals surface area contributed by atoms with Crippen molar-refractivity contribution in [3.05, 3.63) is 29.6 Å². The molecule has 1 atom stereocenters. The van der Waals surface area contributed by atoms with E-state index in [1.54, 1.807) is 27.0 Å². The summed E-state index contributed by atoms with van der Waals surface area (Å²) in [5.41, 5.74) is 1.17. The lowest BCUT2D eigenvalue weighted by atomic mass is 10.1. The zero-order valence-corrected chi connectivity index (χ0v) is 12.8. The minimum Gasteiger partial charge on any atom is -0.480 e. The van der Waals surface area contributed by atoms with Gasteiger partial charge in [0.1, 0.15) is 11.6 Å². The lowest BCUT2D eigenvalue weighted by molar-refractivity contribution is -0.139. The van der Waals surface area contributed by atoms with Crippen LogP contribution in [0.2, 0.25) is 0 Å². The molecule has 0 aromatic carbocycles. The monoisotopic (exact) mass is 294 g/mol. The van der Waals surface area contributed by atoms with E-state index in [1.807, 2.05) is 19.1 Å². The highest BCUT2D eigenvalue weighted by molar-refractivity contribution is 5.80. The maximum atomic E-state index is 11.6. The number of rotatable bonds is 5. The first kappa shape index (κ1) is 16.9. The SMILES string of the molecule is Cc1ccc(CC[C@H](NC(=O)OC(C)(C)C)C(=O)O)cn1. The number of amides is 1. The third kappa shape index (κ3) is 6.74. The van der Waals surface area contributed by atoms with Gasteiger partial charge < -0.3 is 15.2 Å². The zero-order chi connectivity index (χ0) is 16.0. The molecule has 2 N–H and O–H groups in total. The Morgan fingerprint density at radius 3 is 2.52 bits per heavy atom. The molecule has 0 saturated carbocycles. The fraction of sp³-hybridized carbons (Fsp3) is 0.533. The molecular weight excluding hydrogens is 272 g/mol. The molecule has 6 nitrogen and oxygen atoms in total. The molecule has 0 aliphatic heterocycles. The molecule has 1 amide bonds. The van der Waals surface area contributed by atoms with Gasteiger partial charge in [-0.15, -0.1) is 0 Å². The van der Waals surface area contributed by atoms with E-state index in [1.165, 1.54) is 0 Å². The molecule has 1 heterocycles. The van der Waals surface area contributed by atoms with Crippen LogP contribution in [-0.4, -0.2) is 33.8 Å². The second kappa shape index (κ2) is 7.06. The maximum Gasteiger partial charge on any atom is 0.408 e. The van der Waals surface area contributed by atoms with Gasteiger partial charge in [-0.1, -0.05) is 6.07 Å². The number of hydrogen-bond donors (Lipinski definition) is 2. The maximum absolute atomic E-state index is 11.6. The molecule has 0 spiro atoms. The zero-order valence-electron chi connectivity index (χ0n) is 12.8. The molecule has 116 valence electrons. The smallest absolute Gasteiger partial charge is 0.408 e. The largest absolute Gasteiger partial charge is 0.480 e. The number of carbonyl (C=O) groups is 2. The predicted octanol–water partition coefficient (Wildman–Crippen LogP) is 2.30. The summed E-state index contributed by atoms with van der Waals surface area (Å²) in [4.78, 5) is 27.0. The van der Waals surface area contributed by atoms with Gasteiger partial charge in [-0.2, -0.15) is 0 Å². The summed E-state index contributed by atoms with van der Waals surface area (Å²) in [7, 11) is 0. The van der Waals surface area contributed by atoms with Crippen LogP contribution in [0.3, 0.4) is 0 Å². The topological polar surface area (TPSA) is 88.5 Å². The summed E-state index contributed by atoms with van der Waals surface area (Å²) >= 11 is 0. The van der Waals surface area contributed by atoms with Crippen LogP contribution < -0.4 is 5.32 Å². The number of hydrogen-bond acceptors (Lipinski definition) is 4. The van der Waals surface area contributed by atoms with Crippen LogP contribution in [0.25, 0.3) is 0 Å². The number of alkyl carbamates (subject to hydrolysis) is 1. The Kier molecular flexibility index (Phi) is 5.69. The standard InChI is InChI=1S/C15H22N2O4/c1-10-5-6-11(9-16-10)7-8-12(13(18)19)17-14(20)21-15(2,3)4/h5-6,9,12H,7-8H2,1-4H3,(H,17,20)(H,18,19)/t12-/m0/s1. The van der Waals surface area contributed by atoms with E-state index in [0.717, 1.165) is 11.3 Å². The second-order valence-corrected chi connectivity index (χ2v) is 5.88. The van der Waals surface area contributed by atoms with Crippen molar-refractivity contribution in [1.82, 2.24) is 10.3 Å². The van der Waals surface area contributed by atoms with E-state index in [-0.39, 0.29) is 6.42 Å². The van der Waals surface area contributed by atoms with Crippen molar-refractivity contribution in [2.24, 2.45) is 0 Å². The number of nitrogens with zero attached hydrogens (tertiary/aromatic N) is 1. The molecule has 21 heavy (non-hydrogen) atoms. The van der Waals surface area contributed by atoms with Gasteiger partial charge in [0.05, 0.1) is 0 Å². The lowest BCUT2D eigenvalue weighted by Gasteiger charge is -2.22.